The summed E-state index contributed by atoms with van der Waals surface area (Å²) in [6, 6.07) is 8.59. The molecule has 0 aliphatic carbocycles. The molecule has 2 N–H and O–H groups in total. The lowest BCUT2D eigenvalue weighted by atomic mass is 9.92. The van der Waals surface area contributed by atoms with Crippen molar-refractivity contribution in [2.75, 3.05) is 23.3 Å². The molecule has 0 unspecified atom stereocenters. The van der Waals surface area contributed by atoms with Gasteiger partial charge in [-0.15, -0.1) is 0 Å². The molecule has 1 fully saturated rings. The zero-order valence-corrected chi connectivity index (χ0v) is 19.9. The van der Waals surface area contributed by atoms with Crippen LogP contribution in [0.5, 0.6) is 0 Å². The number of nitrogens with one attached hydrogen (secondary N) is 1. The summed E-state index contributed by atoms with van der Waals surface area (Å²) >= 11 is 5.88. The summed E-state index contributed by atoms with van der Waals surface area (Å²) in [6.07, 6.45) is 0. The number of carboxylic acid groups (broad SMARTS) is 1. The van der Waals surface area contributed by atoms with Gasteiger partial charge < -0.3 is 15.3 Å². The number of Topliss-reactive ketones (excluding diaryl/α,β-unsaturated/α-hetero) is 1. The number of aromatic carboxylic acids is 1. The lowest BCUT2D eigenvalue weighted by Gasteiger charge is -2.22. The van der Waals surface area contributed by atoms with Crippen molar-refractivity contribution in [1.82, 2.24) is 15.0 Å². The predicted octanol–water partition coefficient (Wildman–Crippen LogP) is 4.14. The molecule has 34 heavy (non-hydrogen) atoms. The van der Waals surface area contributed by atoms with Crippen molar-refractivity contribution in [3.05, 3.63) is 51.9 Å². The van der Waals surface area contributed by atoms with E-state index in [1.807, 2.05) is 39.8 Å². The highest BCUT2D eigenvalue weighted by Crippen LogP contribution is 2.34. The SMILES string of the molecule is Cc1cc([C@@H](C)Nc2ccc(Cl)nc2C(=O)O)c2nc(N3CC(=O)C(C)(C)C3)c(C#N)nc2c1. The number of ketones is 1. The molecule has 3 heterocycles. The van der Waals surface area contributed by atoms with Crippen LogP contribution in [0, 0.1) is 23.7 Å². The Hall–Kier alpha value is -3.77. The van der Waals surface area contributed by atoms with Crippen LogP contribution in [0.2, 0.25) is 5.15 Å². The largest absolute Gasteiger partial charge is 0.476 e. The van der Waals surface area contributed by atoms with Crippen LogP contribution in [-0.2, 0) is 4.79 Å². The number of fused-ring (bicyclic) bond motifs is 1. The van der Waals surface area contributed by atoms with Crippen LogP contribution in [0.25, 0.3) is 11.0 Å². The van der Waals surface area contributed by atoms with Crippen LogP contribution in [0.3, 0.4) is 0 Å². The van der Waals surface area contributed by atoms with Gasteiger partial charge in [-0.3, -0.25) is 4.79 Å². The minimum absolute atomic E-state index is 0.0777. The van der Waals surface area contributed by atoms with Gasteiger partial charge in [-0.25, -0.2) is 19.7 Å². The van der Waals surface area contributed by atoms with Gasteiger partial charge in [0.15, 0.2) is 23.0 Å². The van der Waals surface area contributed by atoms with E-state index < -0.39 is 11.4 Å². The maximum Gasteiger partial charge on any atom is 0.356 e. The first-order valence-electron chi connectivity index (χ1n) is 10.7. The number of nitrogens with zero attached hydrogens (tertiary/aromatic N) is 5. The zero-order valence-electron chi connectivity index (χ0n) is 19.2. The molecular weight excluding hydrogens is 456 g/mol. The summed E-state index contributed by atoms with van der Waals surface area (Å²) in [5.41, 5.74) is 2.53. The van der Waals surface area contributed by atoms with Crippen LogP contribution in [0.15, 0.2) is 24.3 Å². The Labute approximate surface area is 201 Å². The zero-order chi connectivity index (χ0) is 24.8. The third kappa shape index (κ3) is 4.24. The minimum atomic E-state index is -1.20. The number of pyridine rings is 1. The molecule has 4 rings (SSSR count). The number of hydrogen-bond acceptors (Lipinski definition) is 8. The van der Waals surface area contributed by atoms with Crippen LogP contribution < -0.4 is 10.2 Å². The summed E-state index contributed by atoms with van der Waals surface area (Å²) < 4.78 is 0. The molecule has 1 aromatic carbocycles. The van der Waals surface area contributed by atoms with Gasteiger partial charge in [0.2, 0.25) is 0 Å². The number of carbonyl (C=O) groups is 2. The fourth-order valence-electron chi connectivity index (χ4n) is 4.13. The van der Waals surface area contributed by atoms with Crippen molar-refractivity contribution < 1.29 is 14.7 Å². The Bertz CT molecular complexity index is 1380. The van der Waals surface area contributed by atoms with E-state index in [1.54, 1.807) is 11.0 Å². The highest BCUT2D eigenvalue weighted by atomic mass is 35.5. The smallest absolute Gasteiger partial charge is 0.356 e. The third-order valence-electron chi connectivity index (χ3n) is 5.91. The number of benzene rings is 1. The number of anilines is 2. The lowest BCUT2D eigenvalue weighted by molar-refractivity contribution is -0.122. The lowest BCUT2D eigenvalue weighted by Crippen LogP contribution is -2.25. The number of hydrogen-bond donors (Lipinski definition) is 2. The van der Waals surface area contributed by atoms with Crippen LogP contribution in [0.1, 0.15) is 54.1 Å². The number of rotatable bonds is 5. The Morgan fingerprint density at radius 1 is 1.29 bits per heavy atom. The van der Waals surface area contributed by atoms with E-state index in [2.05, 4.69) is 21.4 Å². The van der Waals surface area contributed by atoms with Crippen molar-refractivity contribution in [3.8, 4) is 6.07 Å². The quantitative estimate of drug-likeness (QED) is 0.519. The average molecular weight is 479 g/mol. The summed E-state index contributed by atoms with van der Waals surface area (Å²) in [7, 11) is 0. The molecule has 9 nitrogen and oxygen atoms in total. The summed E-state index contributed by atoms with van der Waals surface area (Å²) in [5.74, 6) is -0.757. The number of carbonyl (C=O) groups excluding carboxylic acids is 1. The molecule has 3 aromatic rings. The number of nitriles is 1. The van der Waals surface area contributed by atoms with Gasteiger partial charge in [-0.2, -0.15) is 5.26 Å². The van der Waals surface area contributed by atoms with E-state index in [-0.39, 0.29) is 34.9 Å². The van der Waals surface area contributed by atoms with Crippen molar-refractivity contribution in [1.29, 1.82) is 5.26 Å². The minimum Gasteiger partial charge on any atom is -0.476 e. The van der Waals surface area contributed by atoms with Crippen LogP contribution >= 0.6 is 11.6 Å². The Morgan fingerprint density at radius 2 is 2.03 bits per heavy atom. The molecule has 0 saturated carbocycles. The summed E-state index contributed by atoms with van der Waals surface area (Å²) in [5, 5.41) is 22.5. The van der Waals surface area contributed by atoms with Crippen molar-refractivity contribution in [2.45, 2.75) is 33.7 Å². The average Bonchev–Trinajstić information content (AvgIpc) is 3.05. The van der Waals surface area contributed by atoms with E-state index in [0.29, 0.717) is 29.1 Å². The van der Waals surface area contributed by atoms with Crippen LogP contribution in [0.4, 0.5) is 11.5 Å². The summed E-state index contributed by atoms with van der Waals surface area (Å²) in [4.78, 5) is 39.1. The summed E-state index contributed by atoms with van der Waals surface area (Å²) in [6.45, 7) is 8.12. The highest BCUT2D eigenvalue weighted by Gasteiger charge is 2.39. The molecule has 0 spiro atoms. The second kappa shape index (κ2) is 8.54. The Morgan fingerprint density at radius 3 is 2.65 bits per heavy atom. The number of aryl methyl sites for hydroxylation is 1. The molecule has 174 valence electrons. The van der Waals surface area contributed by atoms with Gasteiger partial charge in [0, 0.05) is 17.5 Å². The second-order valence-electron chi connectivity index (χ2n) is 9.09. The molecule has 0 bridgehead atoms. The van der Waals surface area contributed by atoms with E-state index in [9.17, 15) is 20.0 Å². The van der Waals surface area contributed by atoms with Gasteiger partial charge >= 0.3 is 5.97 Å². The first-order valence-corrected chi connectivity index (χ1v) is 11.0. The van der Waals surface area contributed by atoms with Gasteiger partial charge in [0.1, 0.15) is 11.2 Å². The highest BCUT2D eigenvalue weighted by molar-refractivity contribution is 6.29. The van der Waals surface area contributed by atoms with Crippen molar-refractivity contribution >= 4 is 45.9 Å². The molecular formula is C24H23ClN6O3. The third-order valence-corrected chi connectivity index (χ3v) is 6.12. The van der Waals surface area contributed by atoms with Gasteiger partial charge in [0.25, 0.3) is 0 Å². The number of carboxylic acids is 1. The maximum atomic E-state index is 12.4. The first kappa shape index (κ1) is 23.4. The standard InChI is InChI=1S/C24H23ClN6O3/c1-12-7-14(13(2)27-15-5-6-19(25)29-21(15)23(33)34)20-16(8-12)28-17(9-26)22(30-20)31-10-18(32)24(3,4)11-31/h5-8,13,27H,10-11H2,1-4H3,(H,33,34)/t13-/m1/s1. The molecule has 1 atom stereocenters. The van der Waals surface area contributed by atoms with Crippen molar-refractivity contribution in [3.63, 3.8) is 0 Å². The second-order valence-corrected chi connectivity index (χ2v) is 9.48. The Balaban J connectivity index is 1.81. The monoisotopic (exact) mass is 478 g/mol. The normalized spacial score (nSPS) is 15.9. The topological polar surface area (TPSA) is 132 Å². The fraction of sp³-hybridized carbons (Fsp3) is 0.333. The maximum absolute atomic E-state index is 12.4. The van der Waals surface area contributed by atoms with Gasteiger partial charge in [-0.1, -0.05) is 31.5 Å². The van der Waals surface area contributed by atoms with Crippen LogP contribution in [-0.4, -0.2) is 44.9 Å². The molecule has 10 heteroatoms. The molecule has 1 aliphatic heterocycles. The number of aromatic nitrogens is 3. The van der Waals surface area contributed by atoms with Crippen molar-refractivity contribution in [2.24, 2.45) is 5.41 Å². The van der Waals surface area contributed by atoms with E-state index in [1.165, 1.54) is 6.07 Å². The molecule has 1 saturated heterocycles. The van der Waals surface area contributed by atoms with E-state index >= 15 is 0 Å². The molecule has 0 amide bonds. The van der Waals surface area contributed by atoms with E-state index in [4.69, 9.17) is 16.6 Å². The Kier molecular flexibility index (Phi) is 5.87. The predicted molar refractivity (Wildman–Crippen MR) is 128 cm³/mol. The van der Waals surface area contributed by atoms with E-state index in [0.717, 1.165) is 11.1 Å². The molecule has 0 radical (unpaired) electrons. The fourth-order valence-corrected chi connectivity index (χ4v) is 4.28. The molecule has 2 aromatic heterocycles. The van der Waals surface area contributed by atoms with Gasteiger partial charge in [-0.05, 0) is 37.6 Å². The first-order chi connectivity index (χ1) is 16.0. The molecule has 1 aliphatic rings. The number of halogens is 1. The van der Waals surface area contributed by atoms with Gasteiger partial charge in [0.05, 0.1) is 29.3 Å².